The van der Waals surface area contributed by atoms with Crippen LogP contribution in [0.3, 0.4) is 0 Å². The fourth-order valence-electron chi connectivity index (χ4n) is 2.07. The lowest BCUT2D eigenvalue weighted by Gasteiger charge is -2.15. The highest BCUT2D eigenvalue weighted by molar-refractivity contribution is 5.98. The van der Waals surface area contributed by atoms with Gasteiger partial charge >= 0.3 is 5.97 Å². The van der Waals surface area contributed by atoms with Crippen LogP contribution in [0.15, 0.2) is 36.4 Å². The second-order valence-corrected chi connectivity index (χ2v) is 5.30. The maximum atomic E-state index is 13.6. The fourth-order valence-corrected chi connectivity index (χ4v) is 2.07. The highest BCUT2D eigenvalue weighted by Crippen LogP contribution is 2.25. The molecule has 0 unspecified atom stereocenters. The minimum Gasteiger partial charge on any atom is -0.496 e. The van der Waals surface area contributed by atoms with Gasteiger partial charge in [0.2, 0.25) is 0 Å². The molecule has 0 radical (unpaired) electrons. The van der Waals surface area contributed by atoms with Crippen molar-refractivity contribution in [3.8, 4) is 5.75 Å². The lowest BCUT2D eigenvalue weighted by Crippen LogP contribution is -2.30. The number of halogens is 2. The van der Waals surface area contributed by atoms with Crippen molar-refractivity contribution in [2.24, 2.45) is 0 Å². The van der Waals surface area contributed by atoms with Gasteiger partial charge in [0.15, 0.2) is 6.10 Å². The van der Waals surface area contributed by atoms with Crippen LogP contribution in [0.4, 0.5) is 20.2 Å². The molecule has 0 fully saturated rings. The monoisotopic (exact) mass is 380 g/mol. The van der Waals surface area contributed by atoms with Crippen molar-refractivity contribution in [3.63, 3.8) is 0 Å². The molecule has 1 N–H and O–H groups in total. The third-order valence-electron chi connectivity index (χ3n) is 3.45. The molecule has 0 aliphatic carbocycles. The van der Waals surface area contributed by atoms with E-state index in [4.69, 9.17) is 9.47 Å². The van der Waals surface area contributed by atoms with Crippen molar-refractivity contribution in [2.75, 3.05) is 12.4 Å². The van der Waals surface area contributed by atoms with Crippen LogP contribution in [0.2, 0.25) is 0 Å². The highest BCUT2D eigenvalue weighted by Gasteiger charge is 2.24. The van der Waals surface area contributed by atoms with Gasteiger partial charge in [-0.2, -0.15) is 0 Å². The number of esters is 1. The maximum Gasteiger partial charge on any atom is 0.342 e. The number of rotatable bonds is 6. The summed E-state index contributed by atoms with van der Waals surface area (Å²) in [5.74, 6) is -3.61. The van der Waals surface area contributed by atoms with Gasteiger partial charge in [0, 0.05) is 18.2 Å². The molecule has 0 bridgehead atoms. The zero-order chi connectivity index (χ0) is 20.1. The Morgan fingerprint density at radius 1 is 1.19 bits per heavy atom. The van der Waals surface area contributed by atoms with E-state index in [0.717, 1.165) is 30.3 Å². The Hall–Kier alpha value is -3.56. The number of nitrogens with zero attached hydrogens (tertiary/aromatic N) is 1. The summed E-state index contributed by atoms with van der Waals surface area (Å²) in [4.78, 5) is 34.4. The zero-order valence-corrected chi connectivity index (χ0v) is 14.2. The van der Waals surface area contributed by atoms with E-state index >= 15 is 0 Å². The predicted molar refractivity (Wildman–Crippen MR) is 89.5 cm³/mol. The summed E-state index contributed by atoms with van der Waals surface area (Å²) in [6.45, 7) is 1.20. The number of ether oxygens (including phenoxy) is 2. The van der Waals surface area contributed by atoms with Crippen LogP contribution in [0, 0.1) is 21.7 Å². The van der Waals surface area contributed by atoms with Gasteiger partial charge in [0.05, 0.1) is 17.7 Å². The van der Waals surface area contributed by atoms with Crippen LogP contribution in [0.5, 0.6) is 5.75 Å². The Bertz CT molecular complexity index is 903. The molecule has 0 spiro atoms. The number of carbonyl (C=O) groups is 2. The molecule has 8 nitrogen and oxygen atoms in total. The fraction of sp³-hybridized carbons (Fsp3) is 0.176. The lowest BCUT2D eigenvalue weighted by molar-refractivity contribution is -0.384. The van der Waals surface area contributed by atoms with Gasteiger partial charge in [-0.05, 0) is 25.1 Å². The molecule has 0 aliphatic heterocycles. The predicted octanol–water partition coefficient (Wildman–Crippen LogP) is 3.07. The van der Waals surface area contributed by atoms with Crippen LogP contribution in [0.25, 0.3) is 0 Å². The quantitative estimate of drug-likeness (QED) is 0.469. The number of anilines is 1. The van der Waals surface area contributed by atoms with Crippen molar-refractivity contribution in [2.45, 2.75) is 13.0 Å². The van der Waals surface area contributed by atoms with Crippen molar-refractivity contribution < 1.29 is 32.8 Å². The maximum absolute atomic E-state index is 13.6. The number of carbonyl (C=O) groups excluding carboxylic acids is 2. The van der Waals surface area contributed by atoms with Crippen LogP contribution >= 0.6 is 0 Å². The first kappa shape index (κ1) is 19.8. The Morgan fingerprint density at radius 2 is 1.89 bits per heavy atom. The van der Waals surface area contributed by atoms with E-state index < -0.39 is 40.2 Å². The Labute approximate surface area is 151 Å². The summed E-state index contributed by atoms with van der Waals surface area (Å²) in [5.41, 5.74) is -1.05. The van der Waals surface area contributed by atoms with Gasteiger partial charge in [0.25, 0.3) is 11.6 Å². The molecule has 2 aromatic rings. The second kappa shape index (κ2) is 8.21. The van der Waals surface area contributed by atoms with E-state index in [1.165, 1.54) is 20.1 Å². The van der Waals surface area contributed by atoms with E-state index in [2.05, 4.69) is 5.32 Å². The van der Waals surface area contributed by atoms with Crippen LogP contribution in [-0.4, -0.2) is 30.0 Å². The molecule has 0 saturated carbocycles. The standard InChI is InChI=1S/C17H14F2N2O6/c1-9(16(22)20-14-7-10(18)3-5-13(14)19)27-17(23)12-8-11(21(24)25)4-6-15(12)26-2/h3-9H,1-2H3,(H,20,22)/t9-/m0/s1. The number of hydrogen-bond acceptors (Lipinski definition) is 6. The van der Waals surface area contributed by atoms with Crippen molar-refractivity contribution in [1.29, 1.82) is 0 Å². The first-order valence-corrected chi connectivity index (χ1v) is 7.52. The number of hydrogen-bond donors (Lipinski definition) is 1. The minimum absolute atomic E-state index is 0.00869. The summed E-state index contributed by atoms with van der Waals surface area (Å²) < 4.78 is 36.6. The van der Waals surface area contributed by atoms with E-state index in [-0.39, 0.29) is 17.0 Å². The second-order valence-electron chi connectivity index (χ2n) is 5.30. The topological polar surface area (TPSA) is 108 Å². The SMILES string of the molecule is COc1ccc([N+](=O)[O-])cc1C(=O)O[C@@H](C)C(=O)Nc1cc(F)ccc1F. The van der Waals surface area contributed by atoms with Gasteiger partial charge in [-0.3, -0.25) is 14.9 Å². The van der Waals surface area contributed by atoms with Gasteiger partial charge in [0.1, 0.15) is 22.9 Å². The highest BCUT2D eigenvalue weighted by atomic mass is 19.1. The van der Waals surface area contributed by atoms with Gasteiger partial charge in [-0.15, -0.1) is 0 Å². The summed E-state index contributed by atoms with van der Waals surface area (Å²) in [5, 5.41) is 12.9. The summed E-state index contributed by atoms with van der Waals surface area (Å²) >= 11 is 0. The van der Waals surface area contributed by atoms with E-state index in [1.54, 1.807) is 0 Å². The molecule has 2 aromatic carbocycles. The number of nitro benzene ring substituents is 1. The van der Waals surface area contributed by atoms with Crippen LogP contribution in [0.1, 0.15) is 17.3 Å². The Kier molecular flexibility index (Phi) is 6.01. The average molecular weight is 380 g/mol. The molecular weight excluding hydrogens is 366 g/mol. The van der Waals surface area contributed by atoms with Gasteiger partial charge in [-0.1, -0.05) is 0 Å². The van der Waals surface area contributed by atoms with E-state index in [1.807, 2.05) is 0 Å². The van der Waals surface area contributed by atoms with Crippen molar-refractivity contribution >= 4 is 23.3 Å². The Morgan fingerprint density at radius 3 is 2.52 bits per heavy atom. The molecule has 10 heteroatoms. The molecule has 0 aromatic heterocycles. The van der Waals surface area contributed by atoms with E-state index in [0.29, 0.717) is 0 Å². The number of nitrogens with one attached hydrogen (secondary N) is 1. The minimum atomic E-state index is -1.40. The number of benzene rings is 2. The third-order valence-corrected chi connectivity index (χ3v) is 3.45. The smallest absolute Gasteiger partial charge is 0.342 e. The van der Waals surface area contributed by atoms with Crippen LogP contribution in [-0.2, 0) is 9.53 Å². The van der Waals surface area contributed by atoms with Gasteiger partial charge < -0.3 is 14.8 Å². The molecule has 0 heterocycles. The summed E-state index contributed by atoms with van der Waals surface area (Å²) in [7, 11) is 1.25. The summed E-state index contributed by atoms with van der Waals surface area (Å²) in [6.07, 6.45) is -1.40. The van der Waals surface area contributed by atoms with Crippen LogP contribution < -0.4 is 10.1 Å². The Balaban J connectivity index is 2.15. The van der Waals surface area contributed by atoms with E-state index in [9.17, 15) is 28.5 Å². The number of methoxy groups -OCH3 is 1. The third kappa shape index (κ3) is 4.75. The van der Waals surface area contributed by atoms with Crippen molar-refractivity contribution in [3.05, 3.63) is 63.7 Å². The largest absolute Gasteiger partial charge is 0.496 e. The molecule has 1 atom stereocenters. The summed E-state index contributed by atoms with van der Waals surface area (Å²) in [6, 6.07) is 5.77. The van der Waals surface area contributed by atoms with Crippen molar-refractivity contribution in [1.82, 2.24) is 0 Å². The molecule has 0 aliphatic rings. The first-order valence-electron chi connectivity index (χ1n) is 7.52. The molecule has 142 valence electrons. The van der Waals surface area contributed by atoms with Gasteiger partial charge in [-0.25, -0.2) is 13.6 Å². The lowest BCUT2D eigenvalue weighted by atomic mass is 10.1. The zero-order valence-electron chi connectivity index (χ0n) is 14.2. The number of amides is 1. The molecule has 0 saturated heterocycles. The molecule has 27 heavy (non-hydrogen) atoms. The first-order chi connectivity index (χ1) is 12.7. The normalized spacial score (nSPS) is 11.4. The number of nitro groups is 1. The molecular formula is C17H14F2N2O6. The average Bonchev–Trinajstić information content (AvgIpc) is 2.63. The number of non-ortho nitro benzene ring substituents is 1. The molecule has 2 rings (SSSR count). The molecule has 1 amide bonds.